The SMILES string of the molecule is Cc1c(CN(C)C(=O)c2nccc3cccnc23)cnn1C. The number of carbonyl (C=O) groups is 1. The number of carbonyl (C=O) groups excluding carboxylic acids is 1. The number of amides is 1. The minimum absolute atomic E-state index is 0.146. The molecule has 0 saturated carbocycles. The molecule has 0 aliphatic rings. The number of hydrogen-bond acceptors (Lipinski definition) is 4. The van der Waals surface area contributed by atoms with Gasteiger partial charge in [-0.2, -0.15) is 5.10 Å². The molecule has 0 unspecified atom stereocenters. The summed E-state index contributed by atoms with van der Waals surface area (Å²) >= 11 is 0. The fraction of sp³-hybridized carbons (Fsp3) is 0.250. The van der Waals surface area contributed by atoms with E-state index >= 15 is 0 Å². The number of pyridine rings is 2. The van der Waals surface area contributed by atoms with Crippen molar-refractivity contribution in [1.29, 1.82) is 0 Å². The maximum absolute atomic E-state index is 12.7. The zero-order valence-corrected chi connectivity index (χ0v) is 12.8. The van der Waals surface area contributed by atoms with E-state index in [1.807, 2.05) is 32.2 Å². The lowest BCUT2D eigenvalue weighted by Gasteiger charge is -2.17. The van der Waals surface area contributed by atoms with E-state index in [1.165, 1.54) is 0 Å². The van der Waals surface area contributed by atoms with Crippen molar-refractivity contribution in [3.05, 3.63) is 53.7 Å². The van der Waals surface area contributed by atoms with Crippen LogP contribution in [0.5, 0.6) is 0 Å². The van der Waals surface area contributed by atoms with Crippen molar-refractivity contribution in [1.82, 2.24) is 24.6 Å². The van der Waals surface area contributed by atoms with E-state index in [4.69, 9.17) is 0 Å². The van der Waals surface area contributed by atoms with Crippen molar-refractivity contribution in [3.8, 4) is 0 Å². The van der Waals surface area contributed by atoms with Crippen LogP contribution in [-0.4, -0.2) is 37.6 Å². The standard InChI is InChI=1S/C16H17N5O/c1-11-13(9-19-21(11)3)10-20(2)16(22)15-14-12(6-8-18-15)5-4-7-17-14/h4-9H,10H2,1-3H3. The number of aryl methyl sites for hydroxylation is 1. The highest BCUT2D eigenvalue weighted by Gasteiger charge is 2.18. The van der Waals surface area contributed by atoms with Crippen molar-refractivity contribution < 1.29 is 4.79 Å². The summed E-state index contributed by atoms with van der Waals surface area (Å²) in [5, 5.41) is 5.11. The molecule has 3 heterocycles. The van der Waals surface area contributed by atoms with E-state index in [1.54, 1.807) is 35.2 Å². The summed E-state index contributed by atoms with van der Waals surface area (Å²) in [5.41, 5.74) is 3.07. The van der Waals surface area contributed by atoms with Gasteiger partial charge in [-0.1, -0.05) is 6.07 Å². The van der Waals surface area contributed by atoms with Gasteiger partial charge in [0.25, 0.3) is 5.91 Å². The van der Waals surface area contributed by atoms with Gasteiger partial charge in [-0.15, -0.1) is 0 Å². The Morgan fingerprint density at radius 1 is 1.27 bits per heavy atom. The molecule has 3 rings (SSSR count). The molecule has 3 aromatic heterocycles. The average molecular weight is 295 g/mol. The van der Waals surface area contributed by atoms with Gasteiger partial charge in [0.15, 0.2) is 5.69 Å². The molecule has 0 bridgehead atoms. The molecule has 0 aromatic carbocycles. The van der Waals surface area contributed by atoms with Crippen molar-refractivity contribution in [2.24, 2.45) is 7.05 Å². The van der Waals surface area contributed by atoms with Gasteiger partial charge in [-0.05, 0) is 19.1 Å². The third-order valence-corrected chi connectivity index (χ3v) is 3.81. The van der Waals surface area contributed by atoms with Gasteiger partial charge >= 0.3 is 0 Å². The number of rotatable bonds is 3. The Balaban J connectivity index is 1.90. The van der Waals surface area contributed by atoms with Crippen LogP contribution in [0.25, 0.3) is 10.9 Å². The van der Waals surface area contributed by atoms with Gasteiger partial charge in [-0.3, -0.25) is 14.5 Å². The number of fused-ring (bicyclic) bond motifs is 1. The highest BCUT2D eigenvalue weighted by Crippen LogP contribution is 2.16. The molecular formula is C16H17N5O. The lowest BCUT2D eigenvalue weighted by molar-refractivity contribution is 0.0781. The Morgan fingerprint density at radius 3 is 2.82 bits per heavy atom. The molecule has 0 N–H and O–H groups in total. The predicted octanol–water partition coefficient (Wildman–Crippen LogP) is 1.94. The molecular weight excluding hydrogens is 278 g/mol. The second-order valence-electron chi connectivity index (χ2n) is 5.27. The number of nitrogens with zero attached hydrogens (tertiary/aromatic N) is 5. The first-order chi connectivity index (χ1) is 10.6. The smallest absolute Gasteiger partial charge is 0.274 e. The van der Waals surface area contributed by atoms with Crippen molar-refractivity contribution in [3.63, 3.8) is 0 Å². The highest BCUT2D eigenvalue weighted by molar-refractivity contribution is 6.03. The molecule has 22 heavy (non-hydrogen) atoms. The monoisotopic (exact) mass is 295 g/mol. The Bertz CT molecular complexity index is 834. The normalized spacial score (nSPS) is 10.9. The van der Waals surface area contributed by atoms with E-state index < -0.39 is 0 Å². The number of aromatic nitrogens is 4. The van der Waals surface area contributed by atoms with E-state index in [9.17, 15) is 4.79 Å². The van der Waals surface area contributed by atoms with Gasteiger partial charge in [-0.25, -0.2) is 4.98 Å². The Hall–Kier alpha value is -2.76. The second-order valence-corrected chi connectivity index (χ2v) is 5.27. The largest absolute Gasteiger partial charge is 0.336 e. The van der Waals surface area contributed by atoms with Crippen molar-refractivity contribution in [2.45, 2.75) is 13.5 Å². The second kappa shape index (κ2) is 5.55. The fourth-order valence-corrected chi connectivity index (χ4v) is 2.37. The summed E-state index contributed by atoms with van der Waals surface area (Å²) in [6.45, 7) is 2.47. The molecule has 0 aliphatic heterocycles. The summed E-state index contributed by atoms with van der Waals surface area (Å²) in [7, 11) is 3.65. The van der Waals surface area contributed by atoms with Gasteiger partial charge in [0, 0.05) is 49.7 Å². The lowest BCUT2D eigenvalue weighted by Crippen LogP contribution is -2.27. The Kier molecular flexibility index (Phi) is 3.58. The zero-order chi connectivity index (χ0) is 15.7. The lowest BCUT2D eigenvalue weighted by atomic mass is 10.2. The maximum Gasteiger partial charge on any atom is 0.274 e. The molecule has 6 heteroatoms. The molecule has 1 amide bonds. The van der Waals surface area contributed by atoms with Crippen LogP contribution >= 0.6 is 0 Å². The Morgan fingerprint density at radius 2 is 2.09 bits per heavy atom. The van der Waals surface area contributed by atoms with E-state index in [0.29, 0.717) is 17.8 Å². The molecule has 112 valence electrons. The number of hydrogen-bond donors (Lipinski definition) is 0. The van der Waals surface area contributed by atoms with Crippen LogP contribution in [0.2, 0.25) is 0 Å². The maximum atomic E-state index is 12.7. The molecule has 0 aliphatic carbocycles. The minimum atomic E-state index is -0.146. The van der Waals surface area contributed by atoms with Gasteiger partial charge < -0.3 is 4.90 Å². The average Bonchev–Trinajstić information content (AvgIpc) is 2.85. The summed E-state index contributed by atoms with van der Waals surface area (Å²) in [6.07, 6.45) is 5.10. The van der Waals surface area contributed by atoms with E-state index in [2.05, 4.69) is 15.1 Å². The third-order valence-electron chi connectivity index (χ3n) is 3.81. The first-order valence-corrected chi connectivity index (χ1v) is 7.00. The molecule has 0 saturated heterocycles. The first kappa shape index (κ1) is 14.2. The minimum Gasteiger partial charge on any atom is -0.336 e. The van der Waals surface area contributed by atoms with Gasteiger partial charge in [0.2, 0.25) is 0 Å². The third kappa shape index (κ3) is 2.43. The van der Waals surface area contributed by atoms with Crippen LogP contribution in [0.1, 0.15) is 21.7 Å². The summed E-state index contributed by atoms with van der Waals surface area (Å²) in [5.74, 6) is -0.146. The molecule has 0 spiro atoms. The molecule has 3 aromatic rings. The molecule has 0 fully saturated rings. The Labute approximate surface area is 128 Å². The van der Waals surface area contributed by atoms with Crippen LogP contribution in [0, 0.1) is 6.92 Å². The van der Waals surface area contributed by atoms with Crippen LogP contribution in [0.4, 0.5) is 0 Å². The summed E-state index contributed by atoms with van der Waals surface area (Å²) < 4.78 is 1.80. The summed E-state index contributed by atoms with van der Waals surface area (Å²) in [6, 6.07) is 5.62. The predicted molar refractivity (Wildman–Crippen MR) is 83.3 cm³/mol. The fourth-order valence-electron chi connectivity index (χ4n) is 2.37. The first-order valence-electron chi connectivity index (χ1n) is 7.00. The molecule has 6 nitrogen and oxygen atoms in total. The van der Waals surface area contributed by atoms with Crippen LogP contribution in [0.15, 0.2) is 36.8 Å². The van der Waals surface area contributed by atoms with Crippen molar-refractivity contribution >= 4 is 16.8 Å². The van der Waals surface area contributed by atoms with Crippen LogP contribution in [0.3, 0.4) is 0 Å². The topological polar surface area (TPSA) is 63.9 Å². The summed E-state index contributed by atoms with van der Waals surface area (Å²) in [4.78, 5) is 22.8. The molecule has 0 atom stereocenters. The highest BCUT2D eigenvalue weighted by atomic mass is 16.2. The zero-order valence-electron chi connectivity index (χ0n) is 12.8. The molecule has 0 radical (unpaired) electrons. The van der Waals surface area contributed by atoms with Gasteiger partial charge in [0.05, 0.1) is 6.20 Å². The van der Waals surface area contributed by atoms with Crippen LogP contribution in [-0.2, 0) is 13.6 Å². The quantitative estimate of drug-likeness (QED) is 0.741. The van der Waals surface area contributed by atoms with E-state index in [0.717, 1.165) is 16.6 Å². The van der Waals surface area contributed by atoms with Crippen molar-refractivity contribution in [2.75, 3.05) is 7.05 Å². The van der Waals surface area contributed by atoms with Crippen LogP contribution < -0.4 is 0 Å². The van der Waals surface area contributed by atoms with Gasteiger partial charge in [0.1, 0.15) is 5.52 Å². The van der Waals surface area contributed by atoms with E-state index in [-0.39, 0.29) is 5.91 Å².